The van der Waals surface area contributed by atoms with Crippen molar-refractivity contribution in [1.82, 2.24) is 4.98 Å². The van der Waals surface area contributed by atoms with Crippen LogP contribution in [0.3, 0.4) is 0 Å². The van der Waals surface area contributed by atoms with E-state index in [1.54, 1.807) is 6.20 Å². The maximum atomic E-state index is 5.87. The van der Waals surface area contributed by atoms with Gasteiger partial charge in [0.25, 0.3) is 0 Å². The highest BCUT2D eigenvalue weighted by Crippen LogP contribution is 2.24. The van der Waals surface area contributed by atoms with E-state index in [4.69, 9.17) is 4.74 Å². The third kappa shape index (κ3) is 4.24. The number of hydrogen-bond acceptors (Lipinski definition) is 3. The number of anilines is 1. The molecule has 0 radical (unpaired) electrons. The average molecular weight is 321 g/mol. The number of hydrogen-bond donors (Lipinski definition) is 1. The predicted molar refractivity (Wildman–Crippen MR) is 81.7 cm³/mol. The summed E-state index contributed by atoms with van der Waals surface area (Å²) in [6.07, 6.45) is 1.88. The summed E-state index contributed by atoms with van der Waals surface area (Å²) in [6, 6.07) is 11.8. The third-order valence-electron chi connectivity index (χ3n) is 2.66. The Balaban J connectivity index is 1.88. The van der Waals surface area contributed by atoms with Gasteiger partial charge < -0.3 is 10.1 Å². The Bertz CT molecular complexity index is 545. The molecular weight excluding hydrogens is 304 g/mol. The van der Waals surface area contributed by atoms with Crippen molar-refractivity contribution in [3.05, 3.63) is 52.8 Å². The van der Waals surface area contributed by atoms with Crippen molar-refractivity contribution < 1.29 is 4.74 Å². The van der Waals surface area contributed by atoms with Gasteiger partial charge in [-0.3, -0.25) is 4.98 Å². The molecule has 2 aromatic rings. The van der Waals surface area contributed by atoms with E-state index in [9.17, 15) is 0 Å². The monoisotopic (exact) mass is 320 g/mol. The number of rotatable bonds is 5. The second-order valence-corrected chi connectivity index (χ2v) is 5.28. The zero-order chi connectivity index (χ0) is 13.7. The molecule has 1 atom stereocenters. The number of ether oxygens (including phenoxy) is 1. The minimum atomic E-state index is 0.0761. The predicted octanol–water partition coefficient (Wildman–Crippen LogP) is 4.03. The second-order valence-electron chi connectivity index (χ2n) is 4.43. The summed E-state index contributed by atoms with van der Waals surface area (Å²) in [5.41, 5.74) is 2.07. The minimum absolute atomic E-state index is 0.0761. The van der Waals surface area contributed by atoms with Crippen LogP contribution in [0.4, 0.5) is 5.69 Å². The number of nitrogens with one attached hydrogen (secondary N) is 1. The van der Waals surface area contributed by atoms with Crippen molar-refractivity contribution in [1.29, 1.82) is 0 Å². The number of pyridine rings is 1. The fourth-order valence-electron chi connectivity index (χ4n) is 1.72. The molecule has 1 aromatic carbocycles. The molecule has 1 heterocycles. The highest BCUT2D eigenvalue weighted by atomic mass is 79.9. The molecule has 0 bridgehead atoms. The second kappa shape index (κ2) is 6.57. The Hall–Kier alpha value is -1.55. The Kier molecular flexibility index (Phi) is 4.80. The zero-order valence-corrected chi connectivity index (χ0v) is 12.6. The molecule has 1 aromatic heterocycles. The first-order valence-corrected chi connectivity index (χ1v) is 7.02. The van der Waals surface area contributed by atoms with E-state index < -0.39 is 0 Å². The number of nitrogens with zero attached hydrogens (tertiary/aromatic N) is 1. The molecule has 19 heavy (non-hydrogen) atoms. The quantitative estimate of drug-likeness (QED) is 0.903. The fraction of sp³-hybridized carbons (Fsp3) is 0.267. The van der Waals surface area contributed by atoms with Gasteiger partial charge in [-0.15, -0.1) is 0 Å². The Morgan fingerprint density at radius 3 is 2.84 bits per heavy atom. The van der Waals surface area contributed by atoms with Crippen LogP contribution in [0.2, 0.25) is 0 Å². The summed E-state index contributed by atoms with van der Waals surface area (Å²) in [5, 5.41) is 3.34. The van der Waals surface area contributed by atoms with Crippen molar-refractivity contribution in [2.75, 3.05) is 11.9 Å². The van der Waals surface area contributed by atoms with E-state index in [0.717, 1.165) is 28.1 Å². The smallest absolute Gasteiger partial charge is 0.133 e. The molecule has 0 spiro atoms. The van der Waals surface area contributed by atoms with Gasteiger partial charge in [0, 0.05) is 17.6 Å². The van der Waals surface area contributed by atoms with E-state index in [1.165, 1.54) is 0 Å². The molecule has 1 N–H and O–H groups in total. The number of aromatic nitrogens is 1. The summed E-state index contributed by atoms with van der Waals surface area (Å²) in [7, 11) is 0. The Morgan fingerprint density at radius 2 is 2.11 bits per heavy atom. The van der Waals surface area contributed by atoms with Gasteiger partial charge in [0.15, 0.2) is 0 Å². The summed E-state index contributed by atoms with van der Waals surface area (Å²) in [6.45, 7) is 4.76. The first kappa shape index (κ1) is 13.9. The van der Waals surface area contributed by atoms with Gasteiger partial charge in [0.1, 0.15) is 11.9 Å². The van der Waals surface area contributed by atoms with Crippen molar-refractivity contribution in [3.8, 4) is 5.75 Å². The van der Waals surface area contributed by atoms with Crippen LogP contribution in [0, 0.1) is 6.92 Å². The summed E-state index contributed by atoms with van der Waals surface area (Å²) < 4.78 is 6.85. The van der Waals surface area contributed by atoms with E-state index >= 15 is 0 Å². The van der Waals surface area contributed by atoms with Gasteiger partial charge in [-0.1, -0.05) is 12.1 Å². The lowest BCUT2D eigenvalue weighted by atomic mass is 10.3. The molecule has 0 fully saturated rings. The van der Waals surface area contributed by atoms with Gasteiger partial charge in [-0.2, -0.15) is 0 Å². The molecule has 0 aliphatic heterocycles. The molecule has 2 rings (SSSR count). The van der Waals surface area contributed by atoms with E-state index in [-0.39, 0.29) is 6.10 Å². The highest BCUT2D eigenvalue weighted by molar-refractivity contribution is 9.10. The summed E-state index contributed by atoms with van der Waals surface area (Å²) >= 11 is 3.48. The van der Waals surface area contributed by atoms with Gasteiger partial charge >= 0.3 is 0 Å². The molecular formula is C15H17BrN2O. The van der Waals surface area contributed by atoms with E-state index in [2.05, 4.69) is 26.2 Å². The number of benzene rings is 1. The van der Waals surface area contributed by atoms with Crippen LogP contribution >= 0.6 is 15.9 Å². The molecule has 0 saturated carbocycles. The minimum Gasteiger partial charge on any atom is -0.488 e. The molecule has 100 valence electrons. The average Bonchev–Trinajstić information content (AvgIpc) is 2.39. The molecule has 1 unspecified atom stereocenters. The van der Waals surface area contributed by atoms with Crippen LogP contribution in [0.25, 0.3) is 0 Å². The van der Waals surface area contributed by atoms with Crippen molar-refractivity contribution in [2.24, 2.45) is 0 Å². The van der Waals surface area contributed by atoms with Crippen LogP contribution in [0.1, 0.15) is 12.6 Å². The van der Waals surface area contributed by atoms with Gasteiger partial charge in [-0.25, -0.2) is 0 Å². The molecule has 3 nitrogen and oxygen atoms in total. The summed E-state index contributed by atoms with van der Waals surface area (Å²) in [5.74, 6) is 0.864. The SMILES string of the molecule is Cc1cc(NCC(C)Oc2ccccc2Br)ccn1. The first-order valence-electron chi connectivity index (χ1n) is 6.23. The Morgan fingerprint density at radius 1 is 1.32 bits per heavy atom. The van der Waals surface area contributed by atoms with Crippen molar-refractivity contribution >= 4 is 21.6 Å². The molecule has 0 aliphatic rings. The van der Waals surface area contributed by atoms with Gasteiger partial charge in [-0.05, 0) is 54.0 Å². The van der Waals surface area contributed by atoms with Gasteiger partial charge in [0.2, 0.25) is 0 Å². The number of halogens is 1. The lowest BCUT2D eigenvalue weighted by Crippen LogP contribution is -2.22. The largest absolute Gasteiger partial charge is 0.488 e. The van der Waals surface area contributed by atoms with Crippen LogP contribution in [-0.2, 0) is 0 Å². The molecule has 0 amide bonds. The van der Waals surface area contributed by atoms with Crippen LogP contribution in [0.15, 0.2) is 47.1 Å². The third-order valence-corrected chi connectivity index (χ3v) is 3.31. The fourth-order valence-corrected chi connectivity index (χ4v) is 2.09. The molecule has 0 saturated heterocycles. The number of aryl methyl sites for hydroxylation is 1. The Labute approximate surface area is 122 Å². The van der Waals surface area contributed by atoms with Gasteiger partial charge in [0.05, 0.1) is 11.0 Å². The topological polar surface area (TPSA) is 34.1 Å². The number of para-hydroxylation sites is 1. The van der Waals surface area contributed by atoms with Crippen LogP contribution in [-0.4, -0.2) is 17.6 Å². The molecule has 4 heteroatoms. The van der Waals surface area contributed by atoms with E-state index in [0.29, 0.717) is 0 Å². The summed E-state index contributed by atoms with van der Waals surface area (Å²) in [4.78, 5) is 4.17. The maximum absolute atomic E-state index is 5.87. The maximum Gasteiger partial charge on any atom is 0.133 e. The van der Waals surface area contributed by atoms with Crippen LogP contribution in [0.5, 0.6) is 5.75 Å². The van der Waals surface area contributed by atoms with E-state index in [1.807, 2.05) is 50.2 Å². The van der Waals surface area contributed by atoms with Crippen molar-refractivity contribution in [2.45, 2.75) is 20.0 Å². The van der Waals surface area contributed by atoms with Crippen molar-refractivity contribution in [3.63, 3.8) is 0 Å². The zero-order valence-electron chi connectivity index (χ0n) is 11.1. The normalized spacial score (nSPS) is 11.9. The lowest BCUT2D eigenvalue weighted by molar-refractivity contribution is 0.233. The highest BCUT2D eigenvalue weighted by Gasteiger charge is 2.06. The standard InChI is InChI=1S/C15H17BrN2O/c1-11-9-13(7-8-17-11)18-10-12(2)19-15-6-4-3-5-14(15)16/h3-9,12H,10H2,1-2H3,(H,17,18). The van der Waals surface area contributed by atoms with Crippen LogP contribution < -0.4 is 10.1 Å². The molecule has 0 aliphatic carbocycles. The first-order chi connectivity index (χ1) is 9.15. The lowest BCUT2D eigenvalue weighted by Gasteiger charge is -2.17.